The summed E-state index contributed by atoms with van der Waals surface area (Å²) in [6, 6.07) is 12.0. The highest BCUT2D eigenvalue weighted by atomic mass is 35.5. The average molecular weight is 506 g/mol. The van der Waals surface area contributed by atoms with Crippen molar-refractivity contribution in [1.82, 2.24) is 9.80 Å². The van der Waals surface area contributed by atoms with E-state index in [2.05, 4.69) is 15.9 Å². The first-order valence-electron chi connectivity index (χ1n) is 11.6. The van der Waals surface area contributed by atoms with Crippen LogP contribution in [0, 0.1) is 0 Å². The Hall–Kier alpha value is -1.83. The third-order valence-corrected chi connectivity index (χ3v) is 7.13. The predicted molar refractivity (Wildman–Crippen MR) is 138 cm³/mol. The van der Waals surface area contributed by atoms with Gasteiger partial charge in [0.25, 0.3) is 5.91 Å². The molecule has 0 aromatic heterocycles. The summed E-state index contributed by atoms with van der Waals surface area (Å²) in [5.41, 5.74) is 2.91. The number of anilines is 1. The number of nitrogens with zero attached hydrogens (tertiary/aromatic N) is 3. The normalized spacial score (nSPS) is 21.6. The molecule has 1 amide bonds. The molecule has 8 heteroatoms. The van der Waals surface area contributed by atoms with Crippen LogP contribution in [0.25, 0.3) is 11.1 Å². The lowest BCUT2D eigenvalue weighted by atomic mass is 9.90. The first kappa shape index (κ1) is 25.3. The molecule has 3 aliphatic rings. The number of benzene rings is 2. The number of piperazine rings is 1. The molecule has 5 rings (SSSR count). The van der Waals surface area contributed by atoms with Gasteiger partial charge in [0.1, 0.15) is 0 Å². The fourth-order valence-electron chi connectivity index (χ4n) is 4.84. The number of halogens is 2. The van der Waals surface area contributed by atoms with Gasteiger partial charge in [-0.15, -0.1) is 0 Å². The lowest BCUT2D eigenvalue weighted by Gasteiger charge is -2.54. The fraction of sp³-hybridized carbons (Fsp3) is 0.500. The number of amides is 1. The van der Waals surface area contributed by atoms with Crippen molar-refractivity contribution >= 4 is 34.8 Å². The van der Waals surface area contributed by atoms with Gasteiger partial charge in [0.2, 0.25) is 6.41 Å². The highest BCUT2D eigenvalue weighted by molar-refractivity contribution is 6.34. The van der Waals surface area contributed by atoms with Crippen LogP contribution in [-0.2, 0) is 4.74 Å². The summed E-state index contributed by atoms with van der Waals surface area (Å²) in [5.74, 6) is -0.128. The van der Waals surface area contributed by atoms with E-state index in [1.165, 1.54) is 4.90 Å². The van der Waals surface area contributed by atoms with Crippen LogP contribution in [0.3, 0.4) is 0 Å². The first-order chi connectivity index (χ1) is 15.9. The van der Waals surface area contributed by atoms with Gasteiger partial charge in [0.15, 0.2) is 0 Å². The van der Waals surface area contributed by atoms with E-state index in [-0.39, 0.29) is 18.0 Å². The number of aliphatic hydroxyl groups is 1. The molecule has 3 unspecified atom stereocenters. The molecule has 3 heterocycles. The standard InChI is InChI=1S/C26H33Cl2N3O3/c1-26(2,3)34-25(33)31-15-18-8-9-19(31)14-30(18)23-11-7-17(13-22(23)28)16-6-10-20(21(27)12-16)24(32)29(4)5/h6-7,10-13,18-19,25,33H,8-9,14-15H2,1-5H3. The Morgan fingerprint density at radius 2 is 1.65 bits per heavy atom. The molecule has 184 valence electrons. The molecule has 6 nitrogen and oxygen atoms in total. The molecule has 3 atom stereocenters. The SMILES string of the molecule is CN(C)C(=O)c1ccc(-c2ccc(N3CC4CCC3CN4C(O)OC(C)(C)C)c(Cl)c2)cc1Cl. The van der Waals surface area contributed by atoms with Gasteiger partial charge >= 0.3 is 0 Å². The van der Waals surface area contributed by atoms with E-state index in [4.69, 9.17) is 27.9 Å². The van der Waals surface area contributed by atoms with Crippen molar-refractivity contribution in [3.05, 3.63) is 52.0 Å². The van der Waals surface area contributed by atoms with Crippen molar-refractivity contribution in [2.45, 2.75) is 57.7 Å². The first-order valence-corrected chi connectivity index (χ1v) is 12.4. The van der Waals surface area contributed by atoms with Crippen molar-refractivity contribution in [1.29, 1.82) is 0 Å². The van der Waals surface area contributed by atoms with Crippen molar-refractivity contribution in [2.24, 2.45) is 0 Å². The largest absolute Gasteiger partial charge is 0.364 e. The highest BCUT2D eigenvalue weighted by Gasteiger charge is 2.43. The molecule has 3 aliphatic heterocycles. The van der Waals surface area contributed by atoms with Gasteiger partial charge in [-0.1, -0.05) is 35.3 Å². The average Bonchev–Trinajstić information content (AvgIpc) is 2.77. The summed E-state index contributed by atoms with van der Waals surface area (Å²) < 4.78 is 5.81. The lowest BCUT2D eigenvalue weighted by Crippen LogP contribution is -2.65. The molecule has 0 aliphatic carbocycles. The second-order valence-electron chi connectivity index (χ2n) is 10.4. The zero-order valence-corrected chi connectivity index (χ0v) is 21.9. The molecule has 0 spiro atoms. The van der Waals surface area contributed by atoms with E-state index in [0.717, 1.165) is 42.7 Å². The maximum Gasteiger partial charge on any atom is 0.254 e. The number of hydrogen-bond donors (Lipinski definition) is 1. The van der Waals surface area contributed by atoms with Crippen molar-refractivity contribution in [2.75, 3.05) is 32.1 Å². The molecular weight excluding hydrogens is 473 g/mol. The van der Waals surface area contributed by atoms with Gasteiger partial charge in [0, 0.05) is 39.3 Å². The second-order valence-corrected chi connectivity index (χ2v) is 11.2. The minimum absolute atomic E-state index is 0.128. The Morgan fingerprint density at radius 3 is 2.18 bits per heavy atom. The van der Waals surface area contributed by atoms with Gasteiger partial charge < -0.3 is 19.6 Å². The van der Waals surface area contributed by atoms with E-state index in [1.54, 1.807) is 26.2 Å². The summed E-state index contributed by atoms with van der Waals surface area (Å²) >= 11 is 13.2. The predicted octanol–water partition coefficient (Wildman–Crippen LogP) is 5.11. The van der Waals surface area contributed by atoms with Crippen molar-refractivity contribution in [3.63, 3.8) is 0 Å². The molecule has 3 fully saturated rings. The van der Waals surface area contributed by atoms with E-state index < -0.39 is 12.0 Å². The van der Waals surface area contributed by atoms with Gasteiger partial charge in [-0.25, -0.2) is 4.90 Å². The number of rotatable bonds is 5. The Labute approximate surface area is 212 Å². The van der Waals surface area contributed by atoms with Crippen molar-refractivity contribution in [3.8, 4) is 11.1 Å². The van der Waals surface area contributed by atoms with Gasteiger partial charge in [0.05, 0.1) is 26.9 Å². The molecule has 2 bridgehead atoms. The Bertz CT molecular complexity index is 1070. The number of piperidine rings is 2. The Kier molecular flexibility index (Phi) is 7.19. The number of hydrogen-bond acceptors (Lipinski definition) is 5. The third-order valence-electron chi connectivity index (χ3n) is 6.51. The molecular formula is C26H33Cl2N3O3. The topological polar surface area (TPSA) is 56.3 Å². The molecule has 3 saturated heterocycles. The zero-order chi connectivity index (χ0) is 24.8. The van der Waals surface area contributed by atoms with Crippen LogP contribution in [-0.4, -0.2) is 72.1 Å². The number of aliphatic hydroxyl groups excluding tert-OH is 1. The maximum atomic E-state index is 12.3. The van der Waals surface area contributed by atoms with Crippen LogP contribution in [0.2, 0.25) is 10.0 Å². The molecule has 1 N–H and O–H groups in total. The number of ether oxygens (including phenoxy) is 1. The van der Waals surface area contributed by atoms with E-state index >= 15 is 0 Å². The highest BCUT2D eigenvalue weighted by Crippen LogP contribution is 2.39. The van der Waals surface area contributed by atoms with Crippen LogP contribution in [0.5, 0.6) is 0 Å². The second kappa shape index (κ2) is 9.67. The Balaban J connectivity index is 1.52. The smallest absolute Gasteiger partial charge is 0.254 e. The van der Waals surface area contributed by atoms with Gasteiger partial charge in [-0.3, -0.25) is 4.79 Å². The minimum atomic E-state index is -0.903. The number of carbonyl (C=O) groups excluding carboxylic acids is 1. The summed E-state index contributed by atoms with van der Waals surface area (Å²) in [6.45, 7) is 7.38. The van der Waals surface area contributed by atoms with Crippen LogP contribution in [0.15, 0.2) is 36.4 Å². The minimum Gasteiger partial charge on any atom is -0.364 e. The van der Waals surface area contributed by atoms with Crippen molar-refractivity contribution < 1.29 is 14.6 Å². The monoisotopic (exact) mass is 505 g/mol. The zero-order valence-electron chi connectivity index (χ0n) is 20.4. The van der Waals surface area contributed by atoms with E-state index in [0.29, 0.717) is 15.6 Å². The fourth-order valence-corrected chi connectivity index (χ4v) is 5.39. The summed E-state index contributed by atoms with van der Waals surface area (Å²) in [6.07, 6.45) is 1.18. The van der Waals surface area contributed by atoms with Gasteiger partial charge in [-0.05, 0) is 69.0 Å². The summed E-state index contributed by atoms with van der Waals surface area (Å²) in [5, 5.41) is 11.7. The quantitative estimate of drug-likeness (QED) is 0.572. The number of carbonyl (C=O) groups is 1. The number of fused-ring (bicyclic) bond motifs is 3. The van der Waals surface area contributed by atoms with Crippen LogP contribution in [0.1, 0.15) is 44.0 Å². The van der Waals surface area contributed by atoms with Gasteiger partial charge in [-0.2, -0.15) is 0 Å². The Morgan fingerprint density at radius 1 is 1.03 bits per heavy atom. The van der Waals surface area contributed by atoms with E-state index in [1.807, 2.05) is 39.0 Å². The van der Waals surface area contributed by atoms with Crippen LogP contribution in [0.4, 0.5) is 5.69 Å². The molecule has 2 aromatic rings. The summed E-state index contributed by atoms with van der Waals surface area (Å²) in [7, 11) is 3.41. The third kappa shape index (κ3) is 5.21. The van der Waals surface area contributed by atoms with Crippen LogP contribution < -0.4 is 4.90 Å². The summed E-state index contributed by atoms with van der Waals surface area (Å²) in [4.78, 5) is 18.2. The maximum absolute atomic E-state index is 12.3. The molecule has 34 heavy (non-hydrogen) atoms. The van der Waals surface area contributed by atoms with E-state index in [9.17, 15) is 9.90 Å². The molecule has 2 aromatic carbocycles. The molecule has 0 radical (unpaired) electrons. The lowest BCUT2D eigenvalue weighted by molar-refractivity contribution is -0.256. The molecule has 0 saturated carbocycles. The van der Waals surface area contributed by atoms with Crippen LogP contribution >= 0.6 is 23.2 Å².